The first-order valence-electron chi connectivity index (χ1n) is 14.8. The van der Waals surface area contributed by atoms with Crippen LogP contribution in [0.4, 0.5) is 10.6 Å². The van der Waals surface area contributed by atoms with E-state index in [2.05, 4.69) is 15.3 Å². The van der Waals surface area contributed by atoms with Crippen molar-refractivity contribution in [3.63, 3.8) is 0 Å². The molecule has 2 aromatic carbocycles. The third kappa shape index (κ3) is 7.67. The standard InChI is InChI=1S/C32H37N5O6S2/c1-4-21(2)17-36(45(41,42)24-10-11-25-29(16-24)44-20-34-25)18-27(38)26(15-23-8-6-5-7-9-23)35-31(39)28-19-37(32(40)43-28)30-14-22(3)12-13-33-30/h5-14,16,20-21,26-28,38H,4,15,17-19H2,1-3H3,(H,35,39)/t21-,26-,27+,28?/m0/s1. The van der Waals surface area contributed by atoms with E-state index in [4.69, 9.17) is 4.74 Å². The summed E-state index contributed by atoms with van der Waals surface area (Å²) in [4.78, 5) is 36.0. The number of aliphatic hydroxyl groups excluding tert-OH is 1. The quantitative estimate of drug-likeness (QED) is 0.220. The lowest BCUT2D eigenvalue weighted by Crippen LogP contribution is -2.53. The molecule has 5 rings (SSSR count). The average Bonchev–Trinajstić information content (AvgIpc) is 3.67. The number of aliphatic hydroxyl groups is 1. The summed E-state index contributed by atoms with van der Waals surface area (Å²) in [7, 11) is -4.01. The van der Waals surface area contributed by atoms with Crippen molar-refractivity contribution in [1.82, 2.24) is 19.6 Å². The molecule has 13 heteroatoms. The van der Waals surface area contributed by atoms with Crippen LogP contribution in [0.5, 0.6) is 0 Å². The maximum atomic E-state index is 14.0. The smallest absolute Gasteiger partial charge is 0.416 e. The molecule has 11 nitrogen and oxygen atoms in total. The number of hydrogen-bond acceptors (Lipinski definition) is 9. The van der Waals surface area contributed by atoms with Gasteiger partial charge in [0.2, 0.25) is 10.0 Å². The van der Waals surface area contributed by atoms with Crippen LogP contribution in [0, 0.1) is 12.8 Å². The normalized spacial score (nSPS) is 17.3. The number of ether oxygens (including phenoxy) is 1. The van der Waals surface area contributed by atoms with Crippen molar-refractivity contribution in [2.45, 2.75) is 56.8 Å². The number of carbonyl (C=O) groups is 2. The second-order valence-corrected chi connectivity index (χ2v) is 14.2. The lowest BCUT2D eigenvalue weighted by molar-refractivity contribution is -0.129. The summed E-state index contributed by atoms with van der Waals surface area (Å²) in [5, 5.41) is 14.5. The minimum absolute atomic E-state index is 0.0143. The van der Waals surface area contributed by atoms with Crippen molar-refractivity contribution in [3.8, 4) is 0 Å². The summed E-state index contributed by atoms with van der Waals surface area (Å²) in [6.07, 6.45) is -0.590. The minimum atomic E-state index is -4.01. The highest BCUT2D eigenvalue weighted by Crippen LogP contribution is 2.26. The molecule has 1 aliphatic heterocycles. The van der Waals surface area contributed by atoms with Crippen LogP contribution in [0.1, 0.15) is 31.4 Å². The van der Waals surface area contributed by atoms with Crippen molar-refractivity contribution in [1.29, 1.82) is 0 Å². The summed E-state index contributed by atoms with van der Waals surface area (Å²) in [6, 6.07) is 16.7. The number of benzene rings is 2. The molecule has 0 bridgehead atoms. The minimum Gasteiger partial charge on any atom is -0.434 e. The zero-order chi connectivity index (χ0) is 32.1. The van der Waals surface area contributed by atoms with Crippen LogP contribution in [-0.4, -0.2) is 77.7 Å². The fourth-order valence-electron chi connectivity index (χ4n) is 5.11. The third-order valence-electron chi connectivity index (χ3n) is 7.92. The second kappa shape index (κ2) is 14.0. The van der Waals surface area contributed by atoms with Gasteiger partial charge in [-0.25, -0.2) is 23.2 Å². The molecule has 0 spiro atoms. The highest BCUT2D eigenvalue weighted by molar-refractivity contribution is 7.89. The number of hydrogen-bond donors (Lipinski definition) is 2. The average molecular weight is 652 g/mol. The van der Waals surface area contributed by atoms with Gasteiger partial charge in [-0.1, -0.05) is 50.6 Å². The highest BCUT2D eigenvalue weighted by Gasteiger charge is 2.39. The lowest BCUT2D eigenvalue weighted by atomic mass is 10.0. The van der Waals surface area contributed by atoms with Gasteiger partial charge in [0.25, 0.3) is 5.91 Å². The summed E-state index contributed by atoms with van der Waals surface area (Å²) in [5.74, 6) is -0.204. The number of anilines is 1. The number of sulfonamides is 1. The van der Waals surface area contributed by atoms with Gasteiger partial charge in [0, 0.05) is 19.3 Å². The molecule has 45 heavy (non-hydrogen) atoms. The molecule has 2 aromatic heterocycles. The summed E-state index contributed by atoms with van der Waals surface area (Å²) in [5.41, 5.74) is 4.11. The van der Waals surface area contributed by atoms with E-state index in [1.807, 2.05) is 51.1 Å². The number of thiazole rings is 1. The number of nitrogens with one attached hydrogen (secondary N) is 1. The van der Waals surface area contributed by atoms with E-state index < -0.39 is 40.3 Å². The largest absolute Gasteiger partial charge is 0.434 e. The number of rotatable bonds is 13. The zero-order valence-electron chi connectivity index (χ0n) is 25.4. The maximum Gasteiger partial charge on any atom is 0.416 e. The summed E-state index contributed by atoms with van der Waals surface area (Å²) < 4.78 is 35.4. The Morgan fingerprint density at radius 3 is 2.67 bits per heavy atom. The first-order valence-corrected chi connectivity index (χ1v) is 17.1. The Labute approximate surface area is 266 Å². The van der Waals surface area contributed by atoms with E-state index in [9.17, 15) is 23.1 Å². The molecule has 0 aliphatic carbocycles. The van der Waals surface area contributed by atoms with Gasteiger partial charge in [0.1, 0.15) is 5.82 Å². The number of carbonyl (C=O) groups excluding carboxylic acids is 2. The second-order valence-electron chi connectivity index (χ2n) is 11.4. The van der Waals surface area contributed by atoms with Crippen LogP contribution in [0.15, 0.2) is 77.3 Å². The van der Waals surface area contributed by atoms with E-state index in [1.54, 1.807) is 36.0 Å². The van der Waals surface area contributed by atoms with Gasteiger partial charge in [-0.3, -0.25) is 9.69 Å². The Kier molecular flexibility index (Phi) is 10.1. The van der Waals surface area contributed by atoms with Crippen LogP contribution < -0.4 is 10.2 Å². The van der Waals surface area contributed by atoms with E-state index in [0.717, 1.165) is 22.2 Å². The van der Waals surface area contributed by atoms with Crippen LogP contribution in [0.3, 0.4) is 0 Å². The van der Waals surface area contributed by atoms with E-state index in [1.165, 1.54) is 26.6 Å². The molecule has 4 aromatic rings. The summed E-state index contributed by atoms with van der Waals surface area (Å²) >= 11 is 1.35. The van der Waals surface area contributed by atoms with Gasteiger partial charge in [-0.05, 0) is 60.7 Å². The van der Waals surface area contributed by atoms with Gasteiger partial charge in [0.05, 0.1) is 39.3 Å². The molecule has 4 atom stereocenters. The fourth-order valence-corrected chi connectivity index (χ4v) is 7.51. The summed E-state index contributed by atoms with van der Waals surface area (Å²) in [6.45, 7) is 5.68. The Morgan fingerprint density at radius 2 is 1.93 bits per heavy atom. The SMILES string of the molecule is CC[C@H](C)CN(C[C@@H](O)[C@H](Cc1ccccc1)NC(=O)C1CN(c2cc(C)ccn2)C(=O)O1)S(=O)(=O)c1ccc2ncsc2c1. The van der Waals surface area contributed by atoms with Crippen LogP contribution >= 0.6 is 11.3 Å². The van der Waals surface area contributed by atoms with Crippen molar-refractivity contribution in [2.75, 3.05) is 24.5 Å². The van der Waals surface area contributed by atoms with Crippen molar-refractivity contribution in [2.24, 2.45) is 5.92 Å². The first-order chi connectivity index (χ1) is 21.5. The van der Waals surface area contributed by atoms with Crippen LogP contribution in [0.2, 0.25) is 0 Å². The Bertz CT molecular complexity index is 1750. The number of fused-ring (bicyclic) bond motifs is 1. The molecule has 2 N–H and O–H groups in total. The predicted molar refractivity (Wildman–Crippen MR) is 173 cm³/mol. The molecule has 0 radical (unpaired) electrons. The monoisotopic (exact) mass is 651 g/mol. The number of aryl methyl sites for hydroxylation is 1. The number of amides is 2. The van der Waals surface area contributed by atoms with E-state index in [0.29, 0.717) is 11.3 Å². The maximum absolute atomic E-state index is 14.0. The molecule has 1 unspecified atom stereocenters. The number of nitrogens with zero attached hydrogens (tertiary/aromatic N) is 4. The molecule has 238 valence electrons. The van der Waals surface area contributed by atoms with Gasteiger partial charge in [-0.15, -0.1) is 11.3 Å². The predicted octanol–water partition coefficient (Wildman–Crippen LogP) is 4.15. The Hall–Kier alpha value is -3.91. The molecule has 0 saturated carbocycles. The Morgan fingerprint density at radius 1 is 1.16 bits per heavy atom. The van der Waals surface area contributed by atoms with Crippen LogP contribution in [0.25, 0.3) is 10.2 Å². The van der Waals surface area contributed by atoms with Gasteiger partial charge < -0.3 is 15.2 Å². The van der Waals surface area contributed by atoms with Gasteiger partial charge >= 0.3 is 6.09 Å². The lowest BCUT2D eigenvalue weighted by Gasteiger charge is -2.31. The fraction of sp³-hybridized carbons (Fsp3) is 0.375. The molecule has 1 saturated heterocycles. The first kappa shape index (κ1) is 32.5. The van der Waals surface area contributed by atoms with E-state index >= 15 is 0 Å². The highest BCUT2D eigenvalue weighted by atomic mass is 32.2. The van der Waals surface area contributed by atoms with E-state index in [-0.39, 0.29) is 36.9 Å². The molecule has 2 amide bonds. The van der Waals surface area contributed by atoms with Gasteiger partial charge in [-0.2, -0.15) is 4.31 Å². The Balaban J connectivity index is 1.38. The van der Waals surface area contributed by atoms with Crippen molar-refractivity contribution >= 4 is 49.4 Å². The van der Waals surface area contributed by atoms with Crippen molar-refractivity contribution in [3.05, 3.63) is 83.5 Å². The molecule has 1 aliphatic rings. The number of pyridine rings is 1. The molecular weight excluding hydrogens is 615 g/mol. The zero-order valence-corrected chi connectivity index (χ0v) is 27.0. The van der Waals surface area contributed by atoms with Gasteiger partial charge in [0.15, 0.2) is 6.10 Å². The van der Waals surface area contributed by atoms with Crippen LogP contribution in [-0.2, 0) is 26.0 Å². The molecule has 3 heterocycles. The number of aromatic nitrogens is 2. The van der Waals surface area contributed by atoms with Crippen molar-refractivity contribution < 1.29 is 27.9 Å². The topological polar surface area (TPSA) is 142 Å². The number of cyclic esters (lactones) is 1. The third-order valence-corrected chi connectivity index (χ3v) is 10.5. The molecular formula is C32H37N5O6S2. The molecule has 1 fully saturated rings.